The summed E-state index contributed by atoms with van der Waals surface area (Å²) in [5.74, 6) is 1.06. The highest BCUT2D eigenvalue weighted by Crippen LogP contribution is 2.24. The van der Waals surface area contributed by atoms with Gasteiger partial charge in [-0.25, -0.2) is 4.98 Å². The van der Waals surface area contributed by atoms with Crippen molar-refractivity contribution in [3.8, 4) is 5.75 Å². The molecule has 6 heteroatoms. The van der Waals surface area contributed by atoms with Crippen molar-refractivity contribution in [2.45, 2.75) is 13.5 Å². The van der Waals surface area contributed by atoms with Gasteiger partial charge in [-0.1, -0.05) is 23.2 Å². The Morgan fingerprint density at radius 3 is 2.74 bits per heavy atom. The van der Waals surface area contributed by atoms with Crippen LogP contribution >= 0.6 is 23.2 Å². The Morgan fingerprint density at radius 2 is 2.16 bits per heavy atom. The third-order valence-corrected chi connectivity index (χ3v) is 3.29. The van der Waals surface area contributed by atoms with Crippen LogP contribution in [0.15, 0.2) is 24.4 Å². The SMILES string of the molecule is CC(=O)c1cc(Cl)ccc1OCc1ncc(Cl)n1C. The lowest BCUT2D eigenvalue weighted by Gasteiger charge is -2.10. The first-order valence-electron chi connectivity index (χ1n) is 5.58. The monoisotopic (exact) mass is 298 g/mol. The van der Waals surface area contributed by atoms with Gasteiger partial charge in [0, 0.05) is 12.1 Å². The van der Waals surface area contributed by atoms with Crippen molar-refractivity contribution in [3.63, 3.8) is 0 Å². The van der Waals surface area contributed by atoms with Crippen molar-refractivity contribution in [3.05, 3.63) is 46.0 Å². The summed E-state index contributed by atoms with van der Waals surface area (Å²) >= 11 is 11.8. The van der Waals surface area contributed by atoms with Crippen LogP contribution in [0.4, 0.5) is 0 Å². The van der Waals surface area contributed by atoms with E-state index < -0.39 is 0 Å². The van der Waals surface area contributed by atoms with Gasteiger partial charge < -0.3 is 9.30 Å². The number of benzene rings is 1. The number of carbonyl (C=O) groups is 1. The minimum Gasteiger partial charge on any atom is -0.485 e. The van der Waals surface area contributed by atoms with Gasteiger partial charge in [-0.15, -0.1) is 0 Å². The lowest BCUT2D eigenvalue weighted by Crippen LogP contribution is -2.06. The number of hydrogen-bond acceptors (Lipinski definition) is 3. The zero-order valence-corrected chi connectivity index (χ0v) is 12.0. The fourth-order valence-corrected chi connectivity index (χ4v) is 1.92. The molecule has 1 aromatic heterocycles. The summed E-state index contributed by atoms with van der Waals surface area (Å²) in [4.78, 5) is 15.6. The Labute approximate surface area is 120 Å². The second-order valence-electron chi connectivity index (χ2n) is 4.04. The van der Waals surface area contributed by atoms with Gasteiger partial charge in [-0.2, -0.15) is 0 Å². The second-order valence-corrected chi connectivity index (χ2v) is 4.87. The topological polar surface area (TPSA) is 44.1 Å². The molecule has 19 heavy (non-hydrogen) atoms. The van der Waals surface area contributed by atoms with Crippen molar-refractivity contribution in [1.29, 1.82) is 0 Å². The molecule has 0 saturated heterocycles. The number of aromatic nitrogens is 2. The number of hydrogen-bond donors (Lipinski definition) is 0. The highest BCUT2D eigenvalue weighted by Gasteiger charge is 2.11. The molecule has 1 heterocycles. The van der Waals surface area contributed by atoms with E-state index in [2.05, 4.69) is 4.98 Å². The number of carbonyl (C=O) groups excluding carboxylic acids is 1. The number of Topliss-reactive ketones (excluding diaryl/α,β-unsaturated/α-hetero) is 1. The summed E-state index contributed by atoms with van der Waals surface area (Å²) in [6, 6.07) is 4.93. The minimum absolute atomic E-state index is 0.102. The highest BCUT2D eigenvalue weighted by atomic mass is 35.5. The van der Waals surface area contributed by atoms with Crippen molar-refractivity contribution in [1.82, 2.24) is 9.55 Å². The van der Waals surface area contributed by atoms with E-state index in [0.29, 0.717) is 27.3 Å². The molecule has 0 aliphatic carbocycles. The largest absolute Gasteiger partial charge is 0.485 e. The van der Waals surface area contributed by atoms with Gasteiger partial charge in [0.2, 0.25) is 0 Å². The molecule has 0 radical (unpaired) electrons. The molecule has 0 bridgehead atoms. The molecule has 0 saturated carbocycles. The van der Waals surface area contributed by atoms with Crippen LogP contribution in [0.2, 0.25) is 10.2 Å². The molecule has 0 N–H and O–H groups in total. The Balaban J connectivity index is 2.20. The lowest BCUT2D eigenvalue weighted by atomic mass is 10.1. The maximum atomic E-state index is 11.5. The first-order valence-corrected chi connectivity index (χ1v) is 6.34. The van der Waals surface area contributed by atoms with Gasteiger partial charge in [-0.05, 0) is 25.1 Å². The number of nitrogens with zero attached hydrogens (tertiary/aromatic N) is 2. The van der Waals surface area contributed by atoms with Gasteiger partial charge in [0.15, 0.2) is 5.78 Å². The summed E-state index contributed by atoms with van der Waals surface area (Å²) in [5, 5.41) is 1.03. The van der Waals surface area contributed by atoms with Crippen molar-refractivity contribution >= 4 is 29.0 Å². The lowest BCUT2D eigenvalue weighted by molar-refractivity contribution is 0.101. The average molecular weight is 299 g/mol. The van der Waals surface area contributed by atoms with Crippen LogP contribution in [0.1, 0.15) is 23.1 Å². The molecule has 2 rings (SSSR count). The summed E-state index contributed by atoms with van der Waals surface area (Å²) < 4.78 is 7.33. The van der Waals surface area contributed by atoms with Crippen LogP contribution < -0.4 is 4.74 Å². The molecule has 1 aromatic carbocycles. The van der Waals surface area contributed by atoms with E-state index in [9.17, 15) is 4.79 Å². The van der Waals surface area contributed by atoms with E-state index in [1.807, 2.05) is 0 Å². The minimum atomic E-state index is -0.102. The van der Waals surface area contributed by atoms with Gasteiger partial charge in [0.05, 0.1) is 11.8 Å². The normalized spacial score (nSPS) is 10.5. The molecule has 4 nitrogen and oxygen atoms in total. The number of imidazole rings is 1. The van der Waals surface area contributed by atoms with E-state index in [4.69, 9.17) is 27.9 Å². The molecule has 0 aliphatic heterocycles. The van der Waals surface area contributed by atoms with Crippen LogP contribution in [0, 0.1) is 0 Å². The molecule has 2 aromatic rings. The molecule has 0 amide bonds. The van der Waals surface area contributed by atoms with E-state index >= 15 is 0 Å². The predicted molar refractivity (Wildman–Crippen MR) is 74.0 cm³/mol. The van der Waals surface area contributed by atoms with E-state index in [-0.39, 0.29) is 12.4 Å². The van der Waals surface area contributed by atoms with Crippen molar-refractivity contribution in [2.75, 3.05) is 0 Å². The maximum Gasteiger partial charge on any atom is 0.163 e. The van der Waals surface area contributed by atoms with E-state index in [1.54, 1.807) is 36.0 Å². The Bertz CT molecular complexity index is 623. The second kappa shape index (κ2) is 5.63. The van der Waals surface area contributed by atoms with Crippen molar-refractivity contribution < 1.29 is 9.53 Å². The summed E-state index contributed by atoms with van der Waals surface area (Å²) in [6.07, 6.45) is 1.55. The number of ether oxygens (including phenoxy) is 1. The van der Waals surface area contributed by atoms with E-state index in [1.165, 1.54) is 6.92 Å². The average Bonchev–Trinajstić information content (AvgIpc) is 2.68. The quantitative estimate of drug-likeness (QED) is 0.811. The van der Waals surface area contributed by atoms with Gasteiger partial charge in [-0.3, -0.25) is 4.79 Å². The van der Waals surface area contributed by atoms with Gasteiger partial charge in [0.25, 0.3) is 0 Å². The van der Waals surface area contributed by atoms with Crippen LogP contribution in [0.25, 0.3) is 0 Å². The number of halogens is 2. The maximum absolute atomic E-state index is 11.5. The Morgan fingerprint density at radius 1 is 1.42 bits per heavy atom. The first kappa shape index (κ1) is 13.9. The fraction of sp³-hybridized carbons (Fsp3) is 0.231. The molecule has 100 valence electrons. The molecule has 0 unspecified atom stereocenters. The van der Waals surface area contributed by atoms with Crippen LogP contribution in [-0.4, -0.2) is 15.3 Å². The zero-order valence-electron chi connectivity index (χ0n) is 10.5. The molecule has 0 aliphatic rings. The molecule has 0 spiro atoms. The van der Waals surface area contributed by atoms with Gasteiger partial charge in [0.1, 0.15) is 23.3 Å². The fourth-order valence-electron chi connectivity index (χ4n) is 1.60. The van der Waals surface area contributed by atoms with Crippen LogP contribution in [0.3, 0.4) is 0 Å². The smallest absolute Gasteiger partial charge is 0.163 e. The molecule has 0 atom stereocenters. The van der Waals surface area contributed by atoms with Crippen LogP contribution in [-0.2, 0) is 13.7 Å². The number of rotatable bonds is 4. The summed E-state index contributed by atoms with van der Waals surface area (Å²) in [6.45, 7) is 1.70. The standard InChI is InChI=1S/C13H12Cl2N2O2/c1-8(18)10-5-9(14)3-4-11(10)19-7-13-16-6-12(15)17(13)2/h3-6H,7H2,1-2H3. The summed E-state index contributed by atoms with van der Waals surface area (Å²) in [5.41, 5.74) is 0.452. The Hall–Kier alpha value is -1.52. The molecular formula is C13H12Cl2N2O2. The van der Waals surface area contributed by atoms with Crippen LogP contribution in [0.5, 0.6) is 5.75 Å². The third kappa shape index (κ3) is 3.08. The predicted octanol–water partition coefficient (Wildman–Crippen LogP) is 3.51. The van der Waals surface area contributed by atoms with Crippen molar-refractivity contribution in [2.24, 2.45) is 7.05 Å². The van der Waals surface area contributed by atoms with E-state index in [0.717, 1.165) is 0 Å². The van der Waals surface area contributed by atoms with Gasteiger partial charge >= 0.3 is 0 Å². The first-order chi connectivity index (χ1) is 8.99. The molecule has 0 fully saturated rings. The number of ketones is 1. The molecular weight excluding hydrogens is 287 g/mol. The Kier molecular flexibility index (Phi) is 4.12. The highest BCUT2D eigenvalue weighted by molar-refractivity contribution is 6.31. The third-order valence-electron chi connectivity index (χ3n) is 2.71. The summed E-state index contributed by atoms with van der Waals surface area (Å²) in [7, 11) is 1.79. The zero-order chi connectivity index (χ0) is 14.0.